The quantitative estimate of drug-likeness (QED) is 0.118. The molecule has 0 aliphatic carbocycles. The van der Waals surface area contributed by atoms with Gasteiger partial charge in [0.1, 0.15) is 12.7 Å². The van der Waals surface area contributed by atoms with Crippen molar-refractivity contribution >= 4 is 11.9 Å². The molecule has 0 aliphatic heterocycles. The first-order valence-electron chi connectivity index (χ1n) is 10.2. The van der Waals surface area contributed by atoms with E-state index in [9.17, 15) is 79.8 Å². The number of alkyl halides is 16. The summed E-state index contributed by atoms with van der Waals surface area (Å²) < 4.78 is 215. The molecule has 0 aliphatic rings. The Balaban J connectivity index is 5.69. The van der Waals surface area contributed by atoms with Crippen LogP contribution in [0.15, 0.2) is 0 Å². The fraction of sp³-hybridized carbons (Fsp3) is 0.889. The van der Waals surface area contributed by atoms with Gasteiger partial charge in [0.15, 0.2) is 13.2 Å². The van der Waals surface area contributed by atoms with Crippen LogP contribution in [0.5, 0.6) is 0 Å². The molecule has 0 saturated heterocycles. The van der Waals surface area contributed by atoms with E-state index in [0.717, 1.165) is 0 Å². The lowest BCUT2D eigenvalue weighted by molar-refractivity contribution is -0.873. The van der Waals surface area contributed by atoms with Crippen molar-refractivity contribution in [3.8, 4) is 0 Å². The van der Waals surface area contributed by atoms with Crippen LogP contribution in [0.4, 0.5) is 70.2 Å². The smallest absolute Gasteiger partial charge is 0.381 e. The zero-order valence-electron chi connectivity index (χ0n) is 20.2. The Morgan fingerprint density at radius 1 is 0.675 bits per heavy atom. The molecule has 0 bridgehead atoms. The van der Waals surface area contributed by atoms with Gasteiger partial charge in [0.2, 0.25) is 0 Å². The average Bonchev–Trinajstić information content (AvgIpc) is 2.77. The second kappa shape index (κ2) is 12.3. The van der Waals surface area contributed by atoms with Gasteiger partial charge in [-0.15, -0.1) is 0 Å². The van der Waals surface area contributed by atoms with Crippen LogP contribution in [-0.2, 0) is 19.1 Å². The van der Waals surface area contributed by atoms with Crippen molar-refractivity contribution in [2.24, 2.45) is 0 Å². The molecule has 1 N–H and O–H groups in total. The van der Waals surface area contributed by atoms with Gasteiger partial charge in [-0.2, -0.15) is 52.7 Å². The minimum atomic E-state index is -6.80. The van der Waals surface area contributed by atoms with Crippen molar-refractivity contribution in [3.63, 3.8) is 0 Å². The van der Waals surface area contributed by atoms with E-state index in [4.69, 9.17) is 0 Å². The number of nitrogens with zero attached hydrogens (tertiary/aromatic N) is 1. The summed E-state index contributed by atoms with van der Waals surface area (Å²) in [6.45, 7) is -6.46. The summed E-state index contributed by atoms with van der Waals surface area (Å²) in [4.78, 5) is 23.8. The highest BCUT2D eigenvalue weighted by atomic mass is 19.4. The number of carbonyl (C=O) groups is 2. The zero-order valence-corrected chi connectivity index (χ0v) is 20.2. The highest BCUT2D eigenvalue weighted by molar-refractivity contribution is 5.82. The van der Waals surface area contributed by atoms with E-state index in [1.54, 1.807) is 0 Å². The van der Waals surface area contributed by atoms with Gasteiger partial charge in [0.25, 0.3) is 0 Å². The van der Waals surface area contributed by atoms with Crippen LogP contribution in [-0.4, -0.2) is 112 Å². The molecule has 22 heteroatoms. The van der Waals surface area contributed by atoms with E-state index in [0.29, 0.717) is 0 Å². The second-order valence-corrected chi connectivity index (χ2v) is 9.08. The highest BCUT2D eigenvalue weighted by Crippen LogP contribution is 2.49. The van der Waals surface area contributed by atoms with E-state index in [1.165, 1.54) is 21.1 Å². The van der Waals surface area contributed by atoms with Crippen molar-refractivity contribution in [3.05, 3.63) is 0 Å². The summed E-state index contributed by atoms with van der Waals surface area (Å²) in [6.07, 6.45) is -12.3. The van der Waals surface area contributed by atoms with Crippen LogP contribution in [0.25, 0.3) is 0 Å². The third kappa shape index (κ3) is 8.38. The number of ether oxygens (including phenoxy) is 2. The first-order valence-corrected chi connectivity index (χ1v) is 10.2. The molecule has 6 nitrogen and oxygen atoms in total. The van der Waals surface area contributed by atoms with Crippen LogP contribution in [0.2, 0.25) is 0 Å². The summed E-state index contributed by atoms with van der Waals surface area (Å²) in [5.74, 6) is -43.5. The predicted molar refractivity (Wildman–Crippen MR) is 98.0 cm³/mol. The molecule has 1 unspecified atom stereocenters. The zero-order chi connectivity index (χ0) is 32.3. The van der Waals surface area contributed by atoms with Crippen LogP contribution in [0, 0.1) is 0 Å². The van der Waals surface area contributed by atoms with Crippen molar-refractivity contribution in [2.45, 2.75) is 60.8 Å². The van der Waals surface area contributed by atoms with E-state index in [1.807, 2.05) is 5.32 Å². The van der Waals surface area contributed by atoms with Crippen molar-refractivity contribution in [2.75, 3.05) is 41.0 Å². The average molecular weight is 633 g/mol. The number of carbonyl (C=O) groups excluding carboxylic acids is 2. The van der Waals surface area contributed by atoms with Crippen LogP contribution < -0.4 is 5.32 Å². The third-order valence-electron chi connectivity index (χ3n) is 4.58. The van der Waals surface area contributed by atoms with Crippen LogP contribution >= 0.6 is 0 Å². The van der Waals surface area contributed by atoms with Crippen molar-refractivity contribution in [1.82, 2.24) is 5.32 Å². The molecule has 1 atom stereocenters. The van der Waals surface area contributed by atoms with Crippen molar-refractivity contribution in [1.29, 1.82) is 0 Å². The van der Waals surface area contributed by atoms with Gasteiger partial charge < -0.3 is 14.0 Å². The van der Waals surface area contributed by atoms with Crippen LogP contribution in [0.1, 0.15) is 6.42 Å². The van der Waals surface area contributed by atoms with Gasteiger partial charge in [0.05, 0.1) is 27.6 Å². The molecular formula is C18H21F16N2O4+. The maximum absolute atomic E-state index is 13.6. The number of esters is 2. The van der Waals surface area contributed by atoms with Crippen molar-refractivity contribution < 1.29 is 93.8 Å². The fourth-order valence-electron chi connectivity index (χ4n) is 2.22. The summed E-state index contributed by atoms with van der Waals surface area (Å²) >= 11 is 0. The molecule has 0 fully saturated rings. The normalized spacial score (nSPS) is 15.4. The molecule has 0 spiro atoms. The lowest BCUT2D eigenvalue weighted by atomic mass is 10.1. The van der Waals surface area contributed by atoms with Gasteiger partial charge in [-0.1, -0.05) is 0 Å². The van der Waals surface area contributed by atoms with E-state index < -0.39 is 92.7 Å². The molecule has 0 aromatic carbocycles. The maximum Gasteiger partial charge on any atom is 0.381 e. The first-order chi connectivity index (χ1) is 17.5. The van der Waals surface area contributed by atoms with Gasteiger partial charge in [-0.05, 0) is 0 Å². The Morgan fingerprint density at radius 2 is 1.02 bits per heavy atom. The minimum Gasteiger partial charge on any atom is -0.459 e. The van der Waals surface area contributed by atoms with Gasteiger partial charge in [-0.25, -0.2) is 17.6 Å². The van der Waals surface area contributed by atoms with E-state index in [-0.39, 0.29) is 4.48 Å². The third-order valence-corrected chi connectivity index (χ3v) is 4.58. The molecule has 0 rings (SSSR count). The number of hydrogen-bond acceptors (Lipinski definition) is 5. The maximum atomic E-state index is 13.6. The standard InChI is InChI=1S/C18H21F16N2O4/c1-36(2,3)7-35-8(10(38)40-6-14(25,26)18(33,34)16(29,30)12(21)22)4-9(37)39-5-13(23,24)17(31,32)15(27,28)11(19)20/h8,11-12,35H,4-7H2,1-3H3/q+1. The fourth-order valence-corrected chi connectivity index (χ4v) is 2.22. The minimum absolute atomic E-state index is 0.222. The number of rotatable bonds is 16. The van der Waals surface area contributed by atoms with Crippen LogP contribution in [0.3, 0.4) is 0 Å². The first kappa shape index (κ1) is 37.7. The second-order valence-electron chi connectivity index (χ2n) is 9.08. The number of nitrogens with one attached hydrogen (secondary N) is 1. The number of halogens is 16. The summed E-state index contributed by atoms with van der Waals surface area (Å²) in [6, 6.07) is -2.39. The lowest BCUT2D eigenvalue weighted by Crippen LogP contribution is -2.60. The summed E-state index contributed by atoms with van der Waals surface area (Å²) in [5, 5.41) is 2.02. The molecule has 238 valence electrons. The monoisotopic (exact) mass is 633 g/mol. The Hall–Kier alpha value is -2.26. The Bertz CT molecular complexity index is 876. The predicted octanol–water partition coefficient (Wildman–Crippen LogP) is 4.43. The summed E-state index contributed by atoms with van der Waals surface area (Å²) in [7, 11) is 4.04. The van der Waals surface area contributed by atoms with Gasteiger partial charge in [0, 0.05) is 0 Å². The topological polar surface area (TPSA) is 64.6 Å². The SMILES string of the molecule is C[N+](C)(C)CNC(CC(=O)OCC(F)(F)C(F)(F)C(F)(F)C(F)F)C(=O)OCC(F)(F)C(F)(F)C(F)(F)C(F)F. The number of quaternary nitrogens is 1. The molecule has 40 heavy (non-hydrogen) atoms. The molecule has 0 radical (unpaired) electrons. The molecule has 0 aromatic rings. The lowest BCUT2D eigenvalue weighted by Gasteiger charge is -2.32. The number of hydrogen-bond donors (Lipinski definition) is 1. The molecule has 0 heterocycles. The Morgan fingerprint density at radius 3 is 1.35 bits per heavy atom. The molecular weight excluding hydrogens is 612 g/mol. The molecule has 0 saturated carbocycles. The van der Waals surface area contributed by atoms with E-state index >= 15 is 0 Å². The highest BCUT2D eigenvalue weighted by Gasteiger charge is 2.76. The van der Waals surface area contributed by atoms with Gasteiger partial charge >= 0.3 is 60.3 Å². The van der Waals surface area contributed by atoms with Gasteiger partial charge in [-0.3, -0.25) is 14.9 Å². The van der Waals surface area contributed by atoms with E-state index in [2.05, 4.69) is 9.47 Å². The molecule has 0 amide bonds. The Labute approximate surface area is 214 Å². The molecule has 0 aromatic heterocycles. The Kier molecular flexibility index (Phi) is 11.6. The largest absolute Gasteiger partial charge is 0.459 e. The summed E-state index contributed by atoms with van der Waals surface area (Å²) in [5.41, 5.74) is 0.